The Bertz CT molecular complexity index is 562. The molecule has 2 N–H and O–H groups in total. The Hall–Kier alpha value is -1.02. The third-order valence-corrected chi connectivity index (χ3v) is 4.18. The van der Waals surface area contributed by atoms with Crippen molar-refractivity contribution in [2.75, 3.05) is 20.1 Å². The second-order valence-corrected chi connectivity index (χ2v) is 6.56. The summed E-state index contributed by atoms with van der Waals surface area (Å²) >= 11 is 5.89. The smallest absolute Gasteiger partial charge is 0.225 e. The summed E-state index contributed by atoms with van der Waals surface area (Å²) in [6.07, 6.45) is 0.945. The van der Waals surface area contributed by atoms with Crippen molar-refractivity contribution in [2.24, 2.45) is 10.9 Å². The Morgan fingerprint density at radius 3 is 2.62 bits per heavy atom. The van der Waals surface area contributed by atoms with Gasteiger partial charge in [0.05, 0.1) is 0 Å². The minimum atomic E-state index is 0. The first-order valence-corrected chi connectivity index (χ1v) is 8.37. The number of nitrogens with one attached hydrogen (secondary N) is 2. The minimum Gasteiger partial charge on any atom is -0.352 e. The van der Waals surface area contributed by atoms with Gasteiger partial charge < -0.3 is 15.5 Å². The van der Waals surface area contributed by atoms with Crippen molar-refractivity contribution in [3.05, 3.63) is 34.9 Å². The maximum Gasteiger partial charge on any atom is 0.225 e. The minimum absolute atomic E-state index is 0. The van der Waals surface area contributed by atoms with Crippen LogP contribution in [0.3, 0.4) is 0 Å². The number of amides is 1. The summed E-state index contributed by atoms with van der Waals surface area (Å²) < 4.78 is 0. The average molecular weight is 465 g/mol. The molecule has 1 unspecified atom stereocenters. The fraction of sp³-hybridized carbons (Fsp3) is 0.529. The second kappa shape index (κ2) is 10.1. The maximum absolute atomic E-state index is 12.0. The lowest BCUT2D eigenvalue weighted by Crippen LogP contribution is -2.45. The SMILES string of the molecule is CN=C(NCc1ccc(Cl)cc1)NC1CCN(C(=O)C(C)C)C1.I. The van der Waals surface area contributed by atoms with Crippen LogP contribution in [0.1, 0.15) is 25.8 Å². The Kier molecular flexibility index (Phi) is 8.83. The predicted octanol–water partition coefficient (Wildman–Crippen LogP) is 2.88. The van der Waals surface area contributed by atoms with Gasteiger partial charge in [0, 0.05) is 43.7 Å². The molecule has 24 heavy (non-hydrogen) atoms. The number of likely N-dealkylation sites (tertiary alicyclic amines) is 1. The van der Waals surface area contributed by atoms with Crippen LogP contribution in [0.15, 0.2) is 29.3 Å². The van der Waals surface area contributed by atoms with Crippen LogP contribution in [0.4, 0.5) is 0 Å². The van der Waals surface area contributed by atoms with Crippen LogP contribution >= 0.6 is 35.6 Å². The predicted molar refractivity (Wildman–Crippen MR) is 110 cm³/mol. The third kappa shape index (κ3) is 6.12. The van der Waals surface area contributed by atoms with Crippen molar-refractivity contribution in [3.63, 3.8) is 0 Å². The molecule has 1 atom stereocenters. The van der Waals surface area contributed by atoms with Crippen molar-refractivity contribution in [2.45, 2.75) is 32.9 Å². The van der Waals surface area contributed by atoms with Crippen LogP contribution in [-0.2, 0) is 11.3 Å². The largest absolute Gasteiger partial charge is 0.352 e. The molecule has 1 fully saturated rings. The highest BCUT2D eigenvalue weighted by Gasteiger charge is 2.27. The van der Waals surface area contributed by atoms with Gasteiger partial charge in [-0.3, -0.25) is 9.79 Å². The summed E-state index contributed by atoms with van der Waals surface area (Å²) in [7, 11) is 1.75. The summed E-state index contributed by atoms with van der Waals surface area (Å²) in [5.74, 6) is 1.03. The molecule has 1 aliphatic rings. The first-order valence-electron chi connectivity index (χ1n) is 8.00. The van der Waals surface area contributed by atoms with E-state index in [1.165, 1.54) is 0 Å². The molecule has 1 amide bonds. The molecular weight excluding hydrogens is 439 g/mol. The van der Waals surface area contributed by atoms with Gasteiger partial charge in [-0.1, -0.05) is 37.6 Å². The topological polar surface area (TPSA) is 56.7 Å². The molecular formula is C17H26ClIN4O. The van der Waals surface area contributed by atoms with Gasteiger partial charge >= 0.3 is 0 Å². The number of rotatable bonds is 4. The van der Waals surface area contributed by atoms with E-state index in [0.717, 1.165) is 36.1 Å². The normalized spacial score (nSPS) is 17.6. The van der Waals surface area contributed by atoms with Gasteiger partial charge in [0.1, 0.15) is 0 Å². The lowest BCUT2D eigenvalue weighted by molar-refractivity contribution is -0.133. The number of aliphatic imine (C=N–C) groups is 1. The Morgan fingerprint density at radius 1 is 1.38 bits per heavy atom. The molecule has 1 heterocycles. The number of hydrogen-bond donors (Lipinski definition) is 2. The summed E-state index contributed by atoms with van der Waals surface area (Å²) in [5.41, 5.74) is 1.14. The van der Waals surface area contributed by atoms with Crippen LogP contribution in [0.25, 0.3) is 0 Å². The molecule has 0 bridgehead atoms. The number of benzene rings is 1. The van der Waals surface area contributed by atoms with Gasteiger partial charge in [-0.25, -0.2) is 0 Å². The van der Waals surface area contributed by atoms with Crippen molar-refractivity contribution >= 4 is 47.4 Å². The van der Waals surface area contributed by atoms with Crippen LogP contribution in [0.5, 0.6) is 0 Å². The van der Waals surface area contributed by atoms with E-state index in [0.29, 0.717) is 6.54 Å². The molecule has 1 saturated heterocycles. The highest BCUT2D eigenvalue weighted by molar-refractivity contribution is 14.0. The van der Waals surface area contributed by atoms with E-state index in [2.05, 4.69) is 15.6 Å². The summed E-state index contributed by atoms with van der Waals surface area (Å²) in [5, 5.41) is 7.41. The Morgan fingerprint density at radius 2 is 2.04 bits per heavy atom. The number of nitrogens with zero attached hydrogens (tertiary/aromatic N) is 2. The molecule has 5 nitrogen and oxygen atoms in total. The number of halogens is 2. The molecule has 0 radical (unpaired) electrons. The fourth-order valence-electron chi connectivity index (χ4n) is 2.62. The van der Waals surface area contributed by atoms with Crippen molar-refractivity contribution in [1.29, 1.82) is 0 Å². The van der Waals surface area contributed by atoms with Crippen LogP contribution in [0, 0.1) is 5.92 Å². The van der Waals surface area contributed by atoms with E-state index in [4.69, 9.17) is 11.6 Å². The second-order valence-electron chi connectivity index (χ2n) is 6.12. The number of hydrogen-bond acceptors (Lipinski definition) is 2. The van der Waals surface area contributed by atoms with Gasteiger partial charge in [-0.05, 0) is 24.1 Å². The van der Waals surface area contributed by atoms with E-state index in [-0.39, 0.29) is 41.8 Å². The van der Waals surface area contributed by atoms with Gasteiger partial charge in [0.25, 0.3) is 0 Å². The average Bonchev–Trinajstić information content (AvgIpc) is 3.00. The van der Waals surface area contributed by atoms with E-state index >= 15 is 0 Å². The molecule has 2 rings (SSSR count). The zero-order valence-electron chi connectivity index (χ0n) is 14.4. The van der Waals surface area contributed by atoms with Crippen LogP contribution in [-0.4, -0.2) is 42.9 Å². The van der Waals surface area contributed by atoms with Crippen LogP contribution < -0.4 is 10.6 Å². The fourth-order valence-corrected chi connectivity index (χ4v) is 2.75. The Labute approximate surface area is 166 Å². The third-order valence-electron chi connectivity index (χ3n) is 3.93. The molecule has 1 aromatic carbocycles. The highest BCUT2D eigenvalue weighted by Crippen LogP contribution is 2.13. The van der Waals surface area contributed by atoms with Gasteiger partial charge in [0.2, 0.25) is 5.91 Å². The molecule has 1 aliphatic heterocycles. The summed E-state index contributed by atoms with van der Waals surface area (Å²) in [4.78, 5) is 18.2. The first-order chi connectivity index (χ1) is 11.0. The summed E-state index contributed by atoms with van der Waals surface area (Å²) in [6, 6.07) is 7.97. The van der Waals surface area contributed by atoms with Gasteiger partial charge in [-0.2, -0.15) is 0 Å². The van der Waals surface area contributed by atoms with Crippen LogP contribution in [0.2, 0.25) is 5.02 Å². The van der Waals surface area contributed by atoms with Crippen molar-refractivity contribution < 1.29 is 4.79 Å². The number of carbonyl (C=O) groups excluding carboxylic acids is 1. The van der Waals surface area contributed by atoms with E-state index < -0.39 is 0 Å². The van der Waals surface area contributed by atoms with Crippen molar-refractivity contribution in [1.82, 2.24) is 15.5 Å². The highest BCUT2D eigenvalue weighted by atomic mass is 127. The monoisotopic (exact) mass is 464 g/mol. The van der Waals surface area contributed by atoms with E-state index in [1.807, 2.05) is 43.0 Å². The van der Waals surface area contributed by atoms with Gasteiger partial charge in [-0.15, -0.1) is 24.0 Å². The van der Waals surface area contributed by atoms with E-state index in [9.17, 15) is 4.79 Å². The molecule has 1 aromatic rings. The maximum atomic E-state index is 12.0. The first kappa shape index (κ1) is 21.0. The lowest BCUT2D eigenvalue weighted by atomic mass is 10.2. The quantitative estimate of drug-likeness (QED) is 0.409. The van der Waals surface area contributed by atoms with Gasteiger partial charge in [0.15, 0.2) is 5.96 Å². The standard InChI is InChI=1S/C17H25ClN4O.HI/c1-12(2)16(23)22-9-8-15(11-22)21-17(19-3)20-10-13-4-6-14(18)7-5-13;/h4-7,12,15H,8-11H2,1-3H3,(H2,19,20,21);1H. The molecule has 7 heteroatoms. The molecule has 0 aromatic heterocycles. The summed E-state index contributed by atoms with van der Waals surface area (Å²) in [6.45, 7) is 6.10. The zero-order valence-corrected chi connectivity index (χ0v) is 17.5. The lowest BCUT2D eigenvalue weighted by Gasteiger charge is -2.20. The van der Waals surface area contributed by atoms with E-state index in [1.54, 1.807) is 7.05 Å². The Balaban J connectivity index is 0.00000288. The number of carbonyl (C=O) groups is 1. The molecule has 0 spiro atoms. The molecule has 0 aliphatic carbocycles. The number of guanidine groups is 1. The van der Waals surface area contributed by atoms with Crippen molar-refractivity contribution in [3.8, 4) is 0 Å². The molecule has 0 saturated carbocycles. The molecule has 134 valence electrons. The zero-order chi connectivity index (χ0) is 16.8.